The number of nitrogens with zero attached hydrogens (tertiary/aromatic N) is 2. The summed E-state index contributed by atoms with van der Waals surface area (Å²) in [6.45, 7) is -0.186. The summed E-state index contributed by atoms with van der Waals surface area (Å²) >= 11 is 0. The van der Waals surface area contributed by atoms with Crippen LogP contribution < -0.4 is 9.64 Å². The fraction of sp³-hybridized carbons (Fsp3) is 0.364. The van der Waals surface area contributed by atoms with Gasteiger partial charge in [-0.15, -0.1) is 0 Å². The van der Waals surface area contributed by atoms with Gasteiger partial charge in [0.2, 0.25) is 0 Å². The lowest BCUT2D eigenvalue weighted by atomic mass is 10.2. The van der Waals surface area contributed by atoms with Gasteiger partial charge < -0.3 is 14.4 Å². The third kappa shape index (κ3) is 3.30. The third-order valence-corrected chi connectivity index (χ3v) is 2.45. The first-order valence-corrected chi connectivity index (χ1v) is 5.20. The van der Waals surface area contributed by atoms with E-state index in [0.717, 1.165) is 12.1 Å². The molecule has 19 heavy (non-hydrogen) atoms. The summed E-state index contributed by atoms with van der Waals surface area (Å²) in [7, 11) is 3.91. The smallest absolute Gasteiger partial charge is 0.325 e. The van der Waals surface area contributed by atoms with Gasteiger partial charge in [-0.2, -0.15) is 0 Å². The van der Waals surface area contributed by atoms with E-state index >= 15 is 0 Å². The van der Waals surface area contributed by atoms with Crippen LogP contribution in [0.15, 0.2) is 12.1 Å². The molecular weight excluding hydrogens is 259 g/mol. The van der Waals surface area contributed by atoms with Crippen LogP contribution in [-0.4, -0.2) is 38.7 Å². The molecule has 0 saturated heterocycles. The zero-order valence-corrected chi connectivity index (χ0v) is 10.7. The number of carbonyl (C=O) groups is 1. The molecule has 0 radical (unpaired) electrons. The van der Waals surface area contributed by atoms with Gasteiger partial charge in [-0.1, -0.05) is 0 Å². The minimum absolute atomic E-state index is 0.00727. The Balaban J connectivity index is 3.15. The molecule has 0 N–H and O–H groups in total. The molecule has 0 aliphatic heterocycles. The van der Waals surface area contributed by atoms with Gasteiger partial charge in [-0.05, 0) is 0 Å². The molecule has 0 aromatic heterocycles. The first-order chi connectivity index (χ1) is 8.90. The molecule has 1 rings (SSSR count). The number of esters is 1. The number of hydrogen-bond donors (Lipinski definition) is 0. The molecule has 1 aromatic carbocycles. The predicted molar refractivity (Wildman–Crippen MR) is 64.9 cm³/mol. The van der Waals surface area contributed by atoms with Crippen molar-refractivity contribution in [3.05, 3.63) is 28.1 Å². The first-order valence-electron chi connectivity index (χ1n) is 5.20. The summed E-state index contributed by atoms with van der Waals surface area (Å²) in [5, 5.41) is 10.7. The molecule has 1 aromatic rings. The molecule has 0 aliphatic rings. The minimum Gasteiger partial charge on any atom is -0.490 e. The van der Waals surface area contributed by atoms with Crippen LogP contribution in [0.4, 0.5) is 15.8 Å². The van der Waals surface area contributed by atoms with E-state index < -0.39 is 22.4 Å². The van der Waals surface area contributed by atoms with Crippen molar-refractivity contribution in [3.8, 4) is 5.75 Å². The number of rotatable bonds is 5. The van der Waals surface area contributed by atoms with Crippen molar-refractivity contribution in [1.82, 2.24) is 0 Å². The van der Waals surface area contributed by atoms with Crippen molar-refractivity contribution in [2.75, 3.05) is 32.7 Å². The van der Waals surface area contributed by atoms with E-state index in [1.807, 2.05) is 0 Å². The average molecular weight is 272 g/mol. The summed E-state index contributed by atoms with van der Waals surface area (Å²) in [6.07, 6.45) is 0. The first kappa shape index (κ1) is 14.7. The van der Waals surface area contributed by atoms with E-state index in [9.17, 15) is 19.3 Å². The minimum atomic E-state index is -0.820. The molecule has 0 fully saturated rings. The van der Waals surface area contributed by atoms with Gasteiger partial charge in [-0.3, -0.25) is 14.9 Å². The van der Waals surface area contributed by atoms with Crippen LogP contribution in [0.2, 0.25) is 0 Å². The Kier molecular flexibility index (Phi) is 4.62. The fourth-order valence-corrected chi connectivity index (χ4v) is 1.47. The maximum absolute atomic E-state index is 13.8. The molecule has 0 amide bonds. The molecule has 7 nitrogen and oxygen atoms in total. The Bertz CT molecular complexity index is 506. The lowest BCUT2D eigenvalue weighted by Crippen LogP contribution is -2.27. The van der Waals surface area contributed by atoms with Crippen LogP contribution in [0.25, 0.3) is 0 Å². The number of carbonyl (C=O) groups excluding carboxylic acids is 1. The van der Waals surface area contributed by atoms with Crippen molar-refractivity contribution in [2.24, 2.45) is 0 Å². The lowest BCUT2D eigenvalue weighted by molar-refractivity contribution is -0.385. The zero-order valence-electron chi connectivity index (χ0n) is 10.7. The largest absolute Gasteiger partial charge is 0.490 e. The highest BCUT2D eigenvalue weighted by atomic mass is 19.1. The van der Waals surface area contributed by atoms with E-state index in [-0.39, 0.29) is 18.0 Å². The SMILES string of the molecule is COC(=O)CN(C)c1cc(OC)c([N+](=O)[O-])cc1F. The molecule has 0 atom stereocenters. The Morgan fingerprint density at radius 2 is 2.11 bits per heavy atom. The summed E-state index contributed by atoms with van der Waals surface area (Å²) in [5.41, 5.74) is -0.469. The van der Waals surface area contributed by atoms with Gasteiger partial charge >= 0.3 is 11.7 Å². The fourth-order valence-electron chi connectivity index (χ4n) is 1.47. The molecule has 0 unspecified atom stereocenters. The zero-order chi connectivity index (χ0) is 14.6. The summed E-state index contributed by atoms with van der Waals surface area (Å²) in [4.78, 5) is 22.3. The van der Waals surface area contributed by atoms with Crippen LogP contribution in [-0.2, 0) is 9.53 Å². The maximum atomic E-state index is 13.8. The number of methoxy groups -OCH3 is 2. The van der Waals surface area contributed by atoms with Crippen molar-refractivity contribution < 1.29 is 23.6 Å². The number of nitro benzene ring substituents is 1. The lowest BCUT2D eigenvalue weighted by Gasteiger charge is -2.19. The Morgan fingerprint density at radius 1 is 1.47 bits per heavy atom. The van der Waals surface area contributed by atoms with Gasteiger partial charge in [0.25, 0.3) is 0 Å². The summed E-state index contributed by atoms with van der Waals surface area (Å²) in [5.74, 6) is -1.46. The third-order valence-electron chi connectivity index (χ3n) is 2.45. The van der Waals surface area contributed by atoms with Gasteiger partial charge in [0.05, 0.1) is 30.9 Å². The van der Waals surface area contributed by atoms with Crippen LogP contribution in [0.3, 0.4) is 0 Å². The molecule has 0 saturated carbocycles. The molecule has 8 heteroatoms. The number of nitro groups is 1. The van der Waals surface area contributed by atoms with E-state index in [1.54, 1.807) is 0 Å². The standard InChI is InChI=1S/C11H13FN2O5/c1-13(6-11(15)19-3)8-5-10(18-2)9(14(16)17)4-7(8)12/h4-5H,6H2,1-3H3. The highest BCUT2D eigenvalue weighted by Crippen LogP contribution is 2.33. The topological polar surface area (TPSA) is 81.9 Å². The maximum Gasteiger partial charge on any atom is 0.325 e. The number of likely N-dealkylation sites (N-methyl/N-ethyl adjacent to an activating group) is 1. The van der Waals surface area contributed by atoms with E-state index in [1.165, 1.54) is 26.2 Å². The van der Waals surface area contributed by atoms with Crippen molar-refractivity contribution in [2.45, 2.75) is 0 Å². The van der Waals surface area contributed by atoms with Crippen molar-refractivity contribution in [1.29, 1.82) is 0 Å². The normalized spacial score (nSPS) is 9.89. The quantitative estimate of drug-likeness (QED) is 0.457. The highest BCUT2D eigenvalue weighted by Gasteiger charge is 2.21. The van der Waals surface area contributed by atoms with Gasteiger partial charge in [0.15, 0.2) is 11.6 Å². The molecule has 0 aliphatic carbocycles. The van der Waals surface area contributed by atoms with E-state index in [2.05, 4.69) is 4.74 Å². The molecular formula is C11H13FN2O5. The van der Waals surface area contributed by atoms with Crippen LogP contribution >= 0.6 is 0 Å². The van der Waals surface area contributed by atoms with E-state index in [0.29, 0.717) is 0 Å². The van der Waals surface area contributed by atoms with Crippen molar-refractivity contribution >= 4 is 17.3 Å². The van der Waals surface area contributed by atoms with Gasteiger partial charge in [0, 0.05) is 13.1 Å². The molecule has 0 heterocycles. The van der Waals surface area contributed by atoms with E-state index in [4.69, 9.17) is 4.74 Å². The number of halogens is 1. The summed E-state index contributed by atoms with van der Waals surface area (Å²) in [6, 6.07) is 1.92. The second-order valence-electron chi connectivity index (χ2n) is 3.66. The Morgan fingerprint density at radius 3 is 2.58 bits per heavy atom. The Hall–Kier alpha value is -2.38. The number of anilines is 1. The number of ether oxygens (including phenoxy) is 2. The van der Waals surface area contributed by atoms with Crippen LogP contribution in [0.5, 0.6) is 5.75 Å². The van der Waals surface area contributed by atoms with Crippen LogP contribution in [0, 0.1) is 15.9 Å². The molecule has 0 bridgehead atoms. The molecule has 0 spiro atoms. The molecule has 104 valence electrons. The van der Waals surface area contributed by atoms with Crippen molar-refractivity contribution in [3.63, 3.8) is 0 Å². The second kappa shape index (κ2) is 5.98. The summed E-state index contributed by atoms with van der Waals surface area (Å²) < 4.78 is 23.1. The number of benzene rings is 1. The Labute approximate surface area is 108 Å². The predicted octanol–water partition coefficient (Wildman–Crippen LogP) is 1.35. The highest BCUT2D eigenvalue weighted by molar-refractivity contribution is 5.76. The number of hydrogen-bond acceptors (Lipinski definition) is 6. The van der Waals surface area contributed by atoms with Gasteiger partial charge in [-0.25, -0.2) is 4.39 Å². The average Bonchev–Trinajstić information content (AvgIpc) is 2.37. The van der Waals surface area contributed by atoms with Crippen LogP contribution in [0.1, 0.15) is 0 Å². The van der Waals surface area contributed by atoms with Gasteiger partial charge in [0.1, 0.15) is 6.54 Å². The monoisotopic (exact) mass is 272 g/mol. The second-order valence-corrected chi connectivity index (χ2v) is 3.66.